The number of ether oxygens (including phenoxy) is 11. The van der Waals surface area contributed by atoms with Gasteiger partial charge < -0.3 is 83.8 Å². The van der Waals surface area contributed by atoms with E-state index in [-0.39, 0.29) is 178 Å². The summed E-state index contributed by atoms with van der Waals surface area (Å²) in [5.74, 6) is -4.86. The van der Waals surface area contributed by atoms with Crippen LogP contribution < -0.4 is 36.6 Å². The molecule has 2 aliphatic heterocycles. The smallest absolute Gasteiger partial charge is 0.411 e. The van der Waals surface area contributed by atoms with Crippen LogP contribution in [0.3, 0.4) is 0 Å². The Balaban J connectivity index is 0.539. The van der Waals surface area contributed by atoms with Gasteiger partial charge in [0, 0.05) is 91.3 Å². The van der Waals surface area contributed by atoms with Gasteiger partial charge in [-0.05, 0) is 128 Å². The molecule has 4 aromatic carbocycles. The Labute approximate surface area is 722 Å². The fourth-order valence-electron chi connectivity index (χ4n) is 18.1. The number of fused-ring (bicyclic) bond motifs is 12. The van der Waals surface area contributed by atoms with Crippen LogP contribution in [-0.4, -0.2) is 227 Å². The number of nitrogens with two attached hydrogens (primary N) is 1. The van der Waals surface area contributed by atoms with Crippen LogP contribution in [0.4, 0.5) is 29.7 Å². The normalized spacial score (nSPS) is 23.2. The van der Waals surface area contributed by atoms with Crippen molar-refractivity contribution in [2.75, 3.05) is 122 Å². The number of alkyl halides is 2. The lowest BCUT2D eigenvalue weighted by atomic mass is 9.44. The average Bonchev–Trinajstić information content (AvgIpc) is 1.48. The van der Waals surface area contributed by atoms with Crippen LogP contribution in [-0.2, 0) is 107 Å². The van der Waals surface area contributed by atoms with Crippen molar-refractivity contribution in [2.24, 2.45) is 40.2 Å². The molecule has 0 radical (unpaired) electrons. The third-order valence-corrected chi connectivity index (χ3v) is 24.5. The molecule has 1 unspecified atom stereocenters. The van der Waals surface area contributed by atoms with Crippen LogP contribution in [0.15, 0.2) is 121 Å². The molecule has 674 valence electrons. The highest BCUT2D eigenvalue weighted by Crippen LogP contribution is 2.72. The van der Waals surface area contributed by atoms with E-state index in [1.54, 1.807) is 74.2 Å². The zero-order valence-corrected chi connectivity index (χ0v) is 71.9. The summed E-state index contributed by atoms with van der Waals surface area (Å²) in [5, 5.41) is 32.0. The summed E-state index contributed by atoms with van der Waals surface area (Å²) in [6.07, 6.45) is 1.37. The Kier molecular flexibility index (Phi) is 34.9. The molecule has 1 saturated heterocycles. The number of allylic oxidation sites excluding steroid dienone is 4. The number of carbonyl (C=O) groups excluding carboxylic acids is 9. The molecule has 0 spiro atoms. The highest BCUT2D eigenvalue weighted by Gasteiger charge is 2.80. The number of carbonyl (C=O) groups is 9. The van der Waals surface area contributed by atoms with Gasteiger partial charge in [0.1, 0.15) is 36.6 Å². The van der Waals surface area contributed by atoms with E-state index in [0.717, 1.165) is 47.9 Å². The molecule has 11 rings (SSSR count). The molecule has 3 heterocycles. The summed E-state index contributed by atoms with van der Waals surface area (Å²) in [6.45, 7) is 16.4. The van der Waals surface area contributed by atoms with Crippen molar-refractivity contribution in [3.05, 3.63) is 138 Å². The van der Waals surface area contributed by atoms with Crippen molar-refractivity contribution >= 4 is 64.4 Å². The minimum atomic E-state index is -2.35. The third-order valence-electron chi connectivity index (χ3n) is 24.5. The van der Waals surface area contributed by atoms with Gasteiger partial charge in [0.2, 0.25) is 23.5 Å². The second-order valence-electron chi connectivity index (χ2n) is 33.2. The van der Waals surface area contributed by atoms with Gasteiger partial charge in [-0.3, -0.25) is 38.9 Å². The van der Waals surface area contributed by atoms with Crippen molar-refractivity contribution in [3.63, 3.8) is 0 Å². The number of aliphatic hydroxyl groups excluding tert-OH is 1. The van der Waals surface area contributed by atoms with Crippen LogP contribution in [0.5, 0.6) is 5.75 Å². The molecule has 30 nitrogen and oxygen atoms in total. The predicted molar refractivity (Wildman–Crippen MR) is 454 cm³/mol. The van der Waals surface area contributed by atoms with E-state index in [4.69, 9.17) is 57.8 Å². The maximum Gasteiger partial charge on any atom is 0.411 e. The number of unbranched alkanes of at least 4 members (excludes halogenated alkanes) is 1. The first kappa shape index (κ1) is 95.1. The fourth-order valence-corrected chi connectivity index (χ4v) is 18.1. The summed E-state index contributed by atoms with van der Waals surface area (Å²) in [7, 11) is 0. The molecule has 12 atom stereocenters. The van der Waals surface area contributed by atoms with Crippen LogP contribution in [0, 0.1) is 34.5 Å². The molecule has 4 aliphatic carbocycles. The minimum Gasteiger partial charge on any atom is -0.486 e. The Hall–Kier alpha value is -9.61. The van der Waals surface area contributed by atoms with E-state index in [1.807, 2.05) is 60.1 Å². The number of nitrogens with zero attached hydrogens (tertiary/aromatic N) is 4. The molecule has 0 bridgehead atoms. The Morgan fingerprint density at radius 2 is 1.35 bits per heavy atom. The van der Waals surface area contributed by atoms with E-state index >= 15 is 8.78 Å². The highest BCUT2D eigenvalue weighted by molar-refractivity contribution is 6.02. The number of Topliss-reactive ketones (excluding diaryl/α,β-unsaturated/α-hetero) is 3. The topological polar surface area (TPSA) is 383 Å². The van der Waals surface area contributed by atoms with E-state index in [0.29, 0.717) is 87.0 Å². The number of primary amides is 1. The molecule has 3 saturated carbocycles. The number of hydrogen-bond donors (Lipinski definition) is 6. The number of para-hydroxylation sites is 1. The molecule has 124 heavy (non-hydrogen) atoms. The number of anilines is 2. The van der Waals surface area contributed by atoms with E-state index in [2.05, 4.69) is 38.5 Å². The van der Waals surface area contributed by atoms with Crippen LogP contribution >= 0.6 is 0 Å². The maximum atomic E-state index is 18.0. The minimum absolute atomic E-state index is 0.00551. The quantitative estimate of drug-likeness (QED) is 0.0197. The molecule has 1 aromatic heterocycles. The van der Waals surface area contributed by atoms with E-state index in [9.17, 15) is 48.3 Å². The summed E-state index contributed by atoms with van der Waals surface area (Å²) in [6, 6.07) is 26.9. The lowest BCUT2D eigenvalue weighted by Crippen LogP contribution is -2.71. The number of halogens is 2. The van der Waals surface area contributed by atoms with Gasteiger partial charge >= 0.3 is 12.1 Å². The van der Waals surface area contributed by atoms with Crippen LogP contribution in [0.2, 0.25) is 0 Å². The number of rotatable bonds is 51. The number of benzene rings is 4. The molecular formula is C92H121F2N9O21. The first-order valence-electron chi connectivity index (χ1n) is 43.5. The van der Waals surface area contributed by atoms with E-state index < -0.39 is 107 Å². The number of urea groups is 1. The number of hydrogen-bond acceptors (Lipinski definition) is 23. The van der Waals surface area contributed by atoms with Gasteiger partial charge in [-0.2, -0.15) is 0 Å². The number of amides is 6. The van der Waals surface area contributed by atoms with Gasteiger partial charge in [0.25, 0.3) is 0 Å². The predicted octanol–water partition coefficient (Wildman–Crippen LogP) is 10.5. The second kappa shape index (κ2) is 45.5. The van der Waals surface area contributed by atoms with Crippen molar-refractivity contribution in [1.82, 2.24) is 30.9 Å². The number of aromatic nitrogens is 3. The summed E-state index contributed by atoms with van der Waals surface area (Å²) >= 11 is 0. The van der Waals surface area contributed by atoms with Gasteiger partial charge in [0.05, 0.1) is 129 Å². The number of nitrogens with one attached hydrogen (secondary N) is 4. The van der Waals surface area contributed by atoms with Gasteiger partial charge in [-0.1, -0.05) is 125 Å². The molecule has 6 amide bonds. The zero-order chi connectivity index (χ0) is 88.4. The molecule has 7 N–H and O–H groups in total. The van der Waals surface area contributed by atoms with Gasteiger partial charge in [0.15, 0.2) is 29.1 Å². The largest absolute Gasteiger partial charge is 0.486 e. The summed E-state index contributed by atoms with van der Waals surface area (Å²) in [4.78, 5) is 122. The van der Waals surface area contributed by atoms with Crippen molar-refractivity contribution < 1.29 is 109 Å². The molecule has 6 aliphatic rings. The Morgan fingerprint density at radius 1 is 0.702 bits per heavy atom. The first-order chi connectivity index (χ1) is 59.8. The maximum absolute atomic E-state index is 18.0. The van der Waals surface area contributed by atoms with Gasteiger partial charge in [-0.25, -0.2) is 23.1 Å². The standard InChI is InChI=1S/C92H121F2N9O21/c1-7-9-37-114-41-45-118-48-44-117-40-36-103-86-69-19-12-13-20-74(69)102(57-64-16-10-11-18-68(64)85(86)100-101-103)82(111)30-29-80(109)96-35-39-116-43-47-120-50-49-119-46-42-115-38-32-81(110)99-84(60(3)4)76(106)52-63(17-14-34-97-87(95)112)75(105)51-61-21-23-62(24-22-61)58-122-88(113)98-65-25-27-67(28-26-65)121-59-78(108)92-79(123-83(124-92)15-8-2)55-70-71-54-73(93)72-53-66(104)31-33-89(72,5)91(71,94)77(107)56-90(70,92)6/h10-13,16,18-28,31,33,53,60,63,70-71,73,77,79,83-84,107H,7-9,14-15,17,29-30,32,34-52,54-59H2,1-6H3,(H,96,109)(H,98,113)(H,99,110)(H3,95,97,112)/t63-,70+,71+,73+,77+,79-,83?,84+,89+,90+,91+,92-/m1/s1. The fraction of sp³-hybridized carbons (Fsp3) is 0.576. The third kappa shape index (κ3) is 23.5. The van der Waals surface area contributed by atoms with E-state index in [1.165, 1.54) is 19.1 Å². The monoisotopic (exact) mass is 1730 g/mol. The molecular weight excluding hydrogens is 1610 g/mol. The summed E-state index contributed by atoms with van der Waals surface area (Å²) < 4.78 is 100. The molecule has 4 fully saturated rings. The SMILES string of the molecule is CCCCOCCOCCOCCn1nnc2c1-c1ccccc1N(C(=O)CCC(=O)NCCOCCOCCOCCOCCC(=O)N[C@H](C(=O)C[C@@H](CCCNC(N)=O)C(=O)Cc1ccc(COC(=O)Nc3ccc(OCC(=O)[C@@]45OC(CCC)O[C@@H]4C[C@H]4[C@@H]6C[C@H](F)C7=CC(=O)C=C[C@]7(C)[C@@]6(F)[C@@H](O)C[C@@]45C)cc3)cc1)C(C)C)Cc1ccccc1-2. The van der Waals surface area contributed by atoms with Crippen LogP contribution in [0.1, 0.15) is 142 Å². The lowest BCUT2D eigenvalue weighted by Gasteiger charge is -2.63. The zero-order valence-electron chi connectivity index (χ0n) is 71.9. The second-order valence-corrected chi connectivity index (χ2v) is 33.2. The molecule has 5 aromatic rings. The van der Waals surface area contributed by atoms with Crippen LogP contribution in [0.25, 0.3) is 22.5 Å². The highest BCUT2D eigenvalue weighted by atomic mass is 19.1. The van der Waals surface area contributed by atoms with Crippen molar-refractivity contribution in [2.45, 2.75) is 193 Å². The Morgan fingerprint density at radius 3 is 2.04 bits per heavy atom. The van der Waals surface area contributed by atoms with Crippen molar-refractivity contribution in [3.8, 4) is 28.3 Å². The first-order valence-corrected chi connectivity index (χ1v) is 43.5. The van der Waals surface area contributed by atoms with Gasteiger partial charge in [-0.15, -0.1) is 5.10 Å². The number of aliphatic hydroxyl groups is 1. The molecule has 32 heteroatoms. The Bertz CT molecular complexity index is 4510. The summed E-state index contributed by atoms with van der Waals surface area (Å²) in [5.41, 5.74) is 4.79. The lowest BCUT2D eigenvalue weighted by molar-refractivity contribution is -0.234. The average molecular weight is 1730 g/mol. The number of ketones is 4. The van der Waals surface area contributed by atoms with Crippen molar-refractivity contribution in [1.29, 1.82) is 0 Å².